The summed E-state index contributed by atoms with van der Waals surface area (Å²) in [5, 5.41) is -25.0. The molecule has 0 amide bonds. The van der Waals surface area contributed by atoms with Crippen molar-refractivity contribution in [1.82, 2.24) is 0 Å². The van der Waals surface area contributed by atoms with Gasteiger partial charge in [0.15, 0.2) is 116 Å². The SMILES string of the molecule is CCCCCCCCCCCCCCCCCCc1ccc([NH+](C)CCCCCCCCCC)cc1.Fc1c(F)c(F)c2c(F)c([B-](c3c(F)c(F)c4c(F)c(F)c(F)c(F)c4c3F)(c3c(F)c(F)c4c(F)c(F)c(F)c(F)c4c3F)c3c(F)c(F)c4c(F)c(F)c(F)c(F)c4c3F)c(F)c(F)c2c1F. The molecule has 105 heavy (non-hydrogen) atoms. The molecule has 0 fully saturated rings. The molecule has 1 unspecified atom stereocenters. The lowest BCUT2D eigenvalue weighted by Gasteiger charge is -2.45. The summed E-state index contributed by atoms with van der Waals surface area (Å²) in [6.45, 7) is 5.87. The lowest BCUT2D eigenvalue weighted by molar-refractivity contribution is -0.810. The first-order chi connectivity index (χ1) is 49.8. The fourth-order valence-electron chi connectivity index (χ4n) is 13.9. The van der Waals surface area contributed by atoms with Gasteiger partial charge >= 0.3 is 0 Å². The normalized spacial score (nSPS) is 12.3. The van der Waals surface area contributed by atoms with E-state index < -0.39 is 234 Å². The molecule has 9 aromatic carbocycles. The second-order valence-electron chi connectivity index (χ2n) is 26.1. The van der Waals surface area contributed by atoms with Crippen molar-refractivity contribution in [1.29, 1.82) is 0 Å². The van der Waals surface area contributed by atoms with E-state index in [1.54, 1.807) is 4.90 Å². The van der Waals surface area contributed by atoms with Crippen molar-refractivity contribution in [2.75, 3.05) is 13.6 Å². The number of benzene rings is 9. The van der Waals surface area contributed by atoms with Crippen molar-refractivity contribution in [3.8, 4) is 0 Å². The average Bonchev–Trinajstić information content (AvgIpc) is 0.669. The van der Waals surface area contributed by atoms with Crippen LogP contribution >= 0.6 is 0 Å². The highest BCUT2D eigenvalue weighted by Crippen LogP contribution is 2.41. The predicted molar refractivity (Wildman–Crippen MR) is 343 cm³/mol. The quantitative estimate of drug-likeness (QED) is 0.0145. The summed E-state index contributed by atoms with van der Waals surface area (Å²) in [6, 6.07) is 9.53. The van der Waals surface area contributed by atoms with E-state index in [9.17, 15) is 35.1 Å². The van der Waals surface area contributed by atoms with Crippen molar-refractivity contribution in [2.45, 2.75) is 174 Å². The van der Waals surface area contributed by atoms with E-state index in [-0.39, 0.29) is 0 Å². The molecule has 0 saturated carbocycles. The molecular formula is C75H66BF28N. The Morgan fingerprint density at radius 3 is 0.610 bits per heavy atom. The van der Waals surface area contributed by atoms with Gasteiger partial charge in [-0.3, -0.25) is 0 Å². The van der Waals surface area contributed by atoms with E-state index in [1.165, 1.54) is 178 Å². The van der Waals surface area contributed by atoms with Gasteiger partial charge < -0.3 is 4.90 Å². The number of hydrogen-bond acceptors (Lipinski definition) is 0. The third-order valence-corrected chi connectivity index (χ3v) is 19.4. The van der Waals surface area contributed by atoms with Gasteiger partial charge in [-0.2, -0.15) is 0 Å². The summed E-state index contributed by atoms with van der Waals surface area (Å²) in [4.78, 5) is 1.58. The molecule has 1 nitrogen and oxygen atoms in total. The van der Waals surface area contributed by atoms with Crippen LogP contribution in [0.15, 0.2) is 24.3 Å². The standard InChI is InChI=1S/C40BF28.C35H65N/c42-13-1-5(25(54)37(66)33(62)21(1)50)17(46)29(58)9(13)41(10-14(43)2-6(18(47)30(10)59)26(55)38(67)34(63)22(2)51,11-15(44)3-7(19(48)31(11)60)27(56)39(68)35(64)23(3)52)12-16(45)4-8(20(49)32(12)61)28(57)40(69)36(65)24(4)53;1-4-6-8-10-12-14-15-16-17-18-19-20-21-22-24-26-28-34-29-31-35(32-30-34)36(3)33-27-25-23-13-11-9-7-5-2/h;29-32H,4-28,33H2,1-3H3/q-1;/p+1. The van der Waals surface area contributed by atoms with Crippen LogP contribution in [0.4, 0.5) is 129 Å². The third-order valence-electron chi connectivity index (χ3n) is 19.4. The number of nitrogens with one attached hydrogen (secondary N) is 1. The maximum atomic E-state index is 17.4. The first-order valence-electron chi connectivity index (χ1n) is 34.1. The number of unbranched alkanes of at least 4 members (excludes halogenated alkanes) is 22. The molecule has 0 aliphatic rings. The summed E-state index contributed by atoms with van der Waals surface area (Å²) < 4.78 is 442. The molecule has 9 aromatic rings. The Hall–Kier alpha value is -7.92. The van der Waals surface area contributed by atoms with E-state index in [4.69, 9.17) is 0 Å². The smallest absolute Gasteiger partial charge is 0.198 e. The molecule has 9 rings (SSSR count). The molecular weight excluding hydrogens is 1460 g/mol. The maximum Gasteiger partial charge on any atom is 0.198 e. The van der Waals surface area contributed by atoms with Crippen LogP contribution in [0.2, 0.25) is 0 Å². The second kappa shape index (κ2) is 35.2. The van der Waals surface area contributed by atoms with Crippen molar-refractivity contribution < 1.29 is 128 Å². The van der Waals surface area contributed by atoms with Gasteiger partial charge in [-0.25, -0.2) is 123 Å². The Balaban J connectivity index is 0.000000328. The molecule has 0 aromatic heterocycles. The van der Waals surface area contributed by atoms with Crippen LogP contribution in [0.3, 0.4) is 0 Å². The minimum atomic E-state index is -7.99. The van der Waals surface area contributed by atoms with Crippen LogP contribution in [-0.2, 0) is 6.42 Å². The van der Waals surface area contributed by atoms with E-state index in [0.717, 1.165) is 0 Å². The summed E-state index contributed by atoms with van der Waals surface area (Å²) in [5.74, 6) is -102. The van der Waals surface area contributed by atoms with E-state index >= 15 is 87.8 Å². The fourth-order valence-corrected chi connectivity index (χ4v) is 13.9. The molecule has 1 atom stereocenters. The van der Waals surface area contributed by atoms with Gasteiger partial charge in [-0.1, -0.05) is 161 Å². The Kier molecular flexibility index (Phi) is 27.7. The molecule has 0 spiro atoms. The third kappa shape index (κ3) is 15.5. The lowest BCUT2D eigenvalue weighted by atomic mass is 9.12. The van der Waals surface area contributed by atoms with Crippen molar-refractivity contribution >= 4 is 76.8 Å². The topological polar surface area (TPSA) is 4.44 Å². The first kappa shape index (κ1) is 82.7. The zero-order chi connectivity index (χ0) is 77.5. The molecule has 30 heteroatoms. The predicted octanol–water partition coefficient (Wildman–Crippen LogP) is 22.3. The highest BCUT2D eigenvalue weighted by molar-refractivity contribution is 7.20. The van der Waals surface area contributed by atoms with E-state index in [2.05, 4.69) is 45.2 Å². The van der Waals surface area contributed by atoms with E-state index in [0.29, 0.717) is 0 Å². The average molecular weight is 1520 g/mol. The number of halogens is 28. The van der Waals surface area contributed by atoms with Gasteiger partial charge in [0, 0.05) is 0 Å². The van der Waals surface area contributed by atoms with Gasteiger partial charge in [0.05, 0.1) is 56.7 Å². The Morgan fingerprint density at radius 1 is 0.210 bits per heavy atom. The van der Waals surface area contributed by atoms with Crippen LogP contribution in [0.25, 0.3) is 43.1 Å². The Morgan fingerprint density at radius 2 is 0.390 bits per heavy atom. The van der Waals surface area contributed by atoms with Crippen molar-refractivity contribution in [2.24, 2.45) is 0 Å². The molecule has 0 aliphatic heterocycles. The number of rotatable bonds is 31. The van der Waals surface area contributed by atoms with Crippen molar-refractivity contribution in [3.05, 3.63) is 193 Å². The van der Waals surface area contributed by atoms with Crippen LogP contribution in [0.1, 0.15) is 174 Å². The Bertz CT molecular complexity index is 4240. The van der Waals surface area contributed by atoms with E-state index in [1.807, 2.05) is 0 Å². The molecule has 0 aliphatic carbocycles. The van der Waals surface area contributed by atoms with Gasteiger partial charge in [-0.05, 0) is 43.4 Å². The van der Waals surface area contributed by atoms with Crippen LogP contribution in [0.5, 0.6) is 0 Å². The van der Waals surface area contributed by atoms with Crippen LogP contribution in [0, 0.1) is 163 Å². The molecule has 570 valence electrons. The monoisotopic (exact) mass is 1520 g/mol. The minimum absolute atomic E-state index is 1.26. The highest BCUT2D eigenvalue weighted by atomic mass is 19.2. The van der Waals surface area contributed by atoms with Gasteiger partial charge in [0.2, 0.25) is 0 Å². The molecule has 0 heterocycles. The van der Waals surface area contributed by atoms with Gasteiger partial charge in [0.1, 0.15) is 58.4 Å². The molecule has 0 radical (unpaired) electrons. The first-order valence-corrected chi connectivity index (χ1v) is 34.1. The number of aryl methyl sites for hydroxylation is 1. The van der Waals surface area contributed by atoms with Crippen LogP contribution in [-0.4, -0.2) is 19.7 Å². The zero-order valence-electron chi connectivity index (χ0n) is 56.4. The minimum Gasteiger partial charge on any atom is -0.305 e. The largest absolute Gasteiger partial charge is 0.305 e. The van der Waals surface area contributed by atoms with Gasteiger partial charge in [-0.15, -0.1) is 21.9 Å². The van der Waals surface area contributed by atoms with Gasteiger partial charge in [0.25, 0.3) is 0 Å². The summed E-state index contributed by atoms with van der Waals surface area (Å²) >= 11 is 0. The molecule has 0 bridgehead atoms. The second-order valence-corrected chi connectivity index (χ2v) is 26.1. The number of hydrogen-bond donors (Lipinski definition) is 1. The highest BCUT2D eigenvalue weighted by Gasteiger charge is 2.53. The number of quaternary nitrogens is 1. The number of fused-ring (bicyclic) bond motifs is 4. The summed E-state index contributed by atoms with van der Waals surface area (Å²) in [6.07, 6.45) is 27.7. The Labute approximate surface area is 583 Å². The maximum absolute atomic E-state index is 17.4. The van der Waals surface area contributed by atoms with Crippen LogP contribution < -0.4 is 26.8 Å². The van der Waals surface area contributed by atoms with Crippen molar-refractivity contribution in [3.63, 3.8) is 0 Å². The zero-order valence-corrected chi connectivity index (χ0v) is 56.4. The molecule has 1 N–H and O–H groups in total. The fraction of sp³-hybridized carbons (Fsp3) is 0.387. The molecule has 0 saturated heterocycles. The summed E-state index contributed by atoms with van der Waals surface area (Å²) in [7, 11) is 2.34. The summed E-state index contributed by atoms with van der Waals surface area (Å²) in [5.41, 5.74) is -12.9. The lowest BCUT2D eigenvalue weighted by Crippen LogP contribution is -3.03.